The van der Waals surface area contributed by atoms with Crippen LogP contribution in [0.25, 0.3) is 0 Å². The van der Waals surface area contributed by atoms with Gasteiger partial charge in [-0.15, -0.1) is 0 Å². The molecule has 1 unspecified atom stereocenters. The average molecular weight is 229 g/mol. The minimum atomic E-state index is 0.336. The van der Waals surface area contributed by atoms with Gasteiger partial charge in [0.1, 0.15) is 0 Å². The Hall–Kier alpha value is -0.120. The van der Waals surface area contributed by atoms with Crippen molar-refractivity contribution in [2.75, 3.05) is 33.4 Å². The van der Waals surface area contributed by atoms with E-state index in [1.165, 1.54) is 38.6 Å². The van der Waals surface area contributed by atoms with Crippen LogP contribution in [0.3, 0.4) is 0 Å². The molecule has 1 heterocycles. The number of unbranched alkanes of at least 4 members (excludes halogenated alkanes) is 2. The highest BCUT2D eigenvalue weighted by molar-refractivity contribution is 4.65. The van der Waals surface area contributed by atoms with E-state index < -0.39 is 0 Å². The molecule has 3 heteroatoms. The first-order valence-corrected chi connectivity index (χ1v) is 6.74. The minimum absolute atomic E-state index is 0.336. The fourth-order valence-corrected chi connectivity index (χ4v) is 2.24. The zero-order chi connectivity index (χ0) is 11.6. The van der Waals surface area contributed by atoms with E-state index in [4.69, 9.17) is 9.84 Å². The summed E-state index contributed by atoms with van der Waals surface area (Å²) in [6, 6.07) is 0. The van der Waals surface area contributed by atoms with Gasteiger partial charge >= 0.3 is 0 Å². The molecule has 0 radical (unpaired) electrons. The quantitative estimate of drug-likeness (QED) is 0.614. The Balaban J connectivity index is 1.87. The maximum atomic E-state index is 8.67. The second-order valence-corrected chi connectivity index (χ2v) is 4.86. The standard InChI is InChI=1S/C13H27NO2/c1-14(9-3-2-4-11-15)10-5-7-13-8-6-12-16-13/h13,15H,2-12H2,1H3. The average Bonchev–Trinajstić information content (AvgIpc) is 2.77. The lowest BCUT2D eigenvalue weighted by atomic mass is 10.1. The van der Waals surface area contributed by atoms with E-state index in [1.807, 2.05) is 0 Å². The van der Waals surface area contributed by atoms with Crippen LogP contribution in [-0.2, 0) is 4.74 Å². The second-order valence-electron chi connectivity index (χ2n) is 4.86. The number of aliphatic hydroxyl groups is 1. The van der Waals surface area contributed by atoms with Crippen molar-refractivity contribution < 1.29 is 9.84 Å². The van der Waals surface area contributed by atoms with Gasteiger partial charge in [-0.05, 0) is 65.1 Å². The van der Waals surface area contributed by atoms with Crippen LogP contribution in [-0.4, -0.2) is 49.5 Å². The number of aliphatic hydroxyl groups excluding tert-OH is 1. The van der Waals surface area contributed by atoms with Crippen LogP contribution >= 0.6 is 0 Å². The predicted octanol–water partition coefficient (Wildman–Crippen LogP) is 2.04. The van der Waals surface area contributed by atoms with Crippen molar-refractivity contribution in [3.63, 3.8) is 0 Å². The molecule has 1 aliphatic rings. The molecular weight excluding hydrogens is 202 g/mol. The second kappa shape index (κ2) is 8.97. The van der Waals surface area contributed by atoms with Gasteiger partial charge in [-0.1, -0.05) is 0 Å². The molecule has 3 nitrogen and oxygen atoms in total. The molecular formula is C13H27NO2. The number of rotatable bonds is 9. The third kappa shape index (κ3) is 6.46. The van der Waals surface area contributed by atoms with Crippen molar-refractivity contribution in [2.45, 2.75) is 51.0 Å². The van der Waals surface area contributed by atoms with Crippen LogP contribution in [0.5, 0.6) is 0 Å². The van der Waals surface area contributed by atoms with Gasteiger partial charge in [-0.25, -0.2) is 0 Å². The van der Waals surface area contributed by atoms with E-state index in [0.29, 0.717) is 12.7 Å². The summed E-state index contributed by atoms with van der Waals surface area (Å²) in [6.45, 7) is 3.65. The van der Waals surface area contributed by atoms with Crippen molar-refractivity contribution in [1.29, 1.82) is 0 Å². The maximum Gasteiger partial charge on any atom is 0.0576 e. The van der Waals surface area contributed by atoms with Gasteiger partial charge in [0.2, 0.25) is 0 Å². The lowest BCUT2D eigenvalue weighted by Gasteiger charge is -2.17. The molecule has 1 atom stereocenters. The molecule has 0 spiro atoms. The largest absolute Gasteiger partial charge is 0.396 e. The van der Waals surface area contributed by atoms with Crippen molar-refractivity contribution in [3.8, 4) is 0 Å². The molecule has 0 aromatic carbocycles. The van der Waals surface area contributed by atoms with Gasteiger partial charge in [0.25, 0.3) is 0 Å². The SMILES string of the molecule is CN(CCCCCO)CCCC1CCCO1. The Bertz CT molecular complexity index is 158. The summed E-state index contributed by atoms with van der Waals surface area (Å²) in [6.07, 6.45) is 8.83. The molecule has 1 N–H and O–H groups in total. The van der Waals surface area contributed by atoms with Gasteiger partial charge in [0.15, 0.2) is 0 Å². The highest BCUT2D eigenvalue weighted by Crippen LogP contribution is 2.16. The molecule has 0 aromatic heterocycles. The van der Waals surface area contributed by atoms with E-state index >= 15 is 0 Å². The fourth-order valence-electron chi connectivity index (χ4n) is 2.24. The molecule has 1 aliphatic heterocycles. The summed E-state index contributed by atoms with van der Waals surface area (Å²) in [5.74, 6) is 0. The third-order valence-electron chi connectivity index (χ3n) is 3.29. The Morgan fingerprint density at radius 3 is 2.69 bits per heavy atom. The number of nitrogens with zero attached hydrogens (tertiary/aromatic N) is 1. The molecule has 0 amide bonds. The molecule has 96 valence electrons. The lowest BCUT2D eigenvalue weighted by molar-refractivity contribution is 0.0996. The number of ether oxygens (including phenoxy) is 1. The van der Waals surface area contributed by atoms with Gasteiger partial charge in [0, 0.05) is 13.2 Å². The van der Waals surface area contributed by atoms with E-state index in [0.717, 1.165) is 26.0 Å². The Morgan fingerprint density at radius 1 is 1.19 bits per heavy atom. The van der Waals surface area contributed by atoms with Gasteiger partial charge < -0.3 is 14.7 Å². The van der Waals surface area contributed by atoms with Crippen LogP contribution in [0.1, 0.15) is 44.9 Å². The summed E-state index contributed by atoms with van der Waals surface area (Å²) in [5.41, 5.74) is 0. The van der Waals surface area contributed by atoms with Gasteiger partial charge in [-0.2, -0.15) is 0 Å². The molecule has 1 fully saturated rings. The number of hydrogen-bond acceptors (Lipinski definition) is 3. The predicted molar refractivity (Wildman–Crippen MR) is 66.6 cm³/mol. The highest BCUT2D eigenvalue weighted by atomic mass is 16.5. The molecule has 0 aromatic rings. The van der Waals surface area contributed by atoms with E-state index in [1.54, 1.807) is 0 Å². The summed E-state index contributed by atoms with van der Waals surface area (Å²) in [5, 5.41) is 8.67. The summed E-state index contributed by atoms with van der Waals surface area (Å²) in [4.78, 5) is 2.40. The van der Waals surface area contributed by atoms with E-state index in [-0.39, 0.29) is 0 Å². The Kier molecular flexibility index (Phi) is 7.81. The van der Waals surface area contributed by atoms with Crippen molar-refractivity contribution in [3.05, 3.63) is 0 Å². The monoisotopic (exact) mass is 229 g/mol. The smallest absolute Gasteiger partial charge is 0.0576 e. The first-order valence-electron chi connectivity index (χ1n) is 6.74. The lowest BCUT2D eigenvalue weighted by Crippen LogP contribution is -2.22. The fraction of sp³-hybridized carbons (Fsp3) is 1.00. The Labute approximate surface area is 99.8 Å². The molecule has 0 bridgehead atoms. The van der Waals surface area contributed by atoms with Crippen molar-refractivity contribution >= 4 is 0 Å². The first-order chi connectivity index (χ1) is 7.83. The third-order valence-corrected chi connectivity index (χ3v) is 3.29. The minimum Gasteiger partial charge on any atom is -0.396 e. The normalized spacial score (nSPS) is 20.8. The van der Waals surface area contributed by atoms with Crippen LogP contribution < -0.4 is 0 Å². The van der Waals surface area contributed by atoms with Gasteiger partial charge in [0.05, 0.1) is 6.10 Å². The molecule has 0 aliphatic carbocycles. The maximum absolute atomic E-state index is 8.67. The van der Waals surface area contributed by atoms with Crippen molar-refractivity contribution in [1.82, 2.24) is 4.90 Å². The first kappa shape index (κ1) is 13.9. The summed E-state index contributed by atoms with van der Waals surface area (Å²) >= 11 is 0. The summed E-state index contributed by atoms with van der Waals surface area (Å²) in [7, 11) is 2.19. The van der Waals surface area contributed by atoms with Crippen LogP contribution in [0, 0.1) is 0 Å². The van der Waals surface area contributed by atoms with Crippen LogP contribution in [0.2, 0.25) is 0 Å². The highest BCUT2D eigenvalue weighted by Gasteiger charge is 2.14. The van der Waals surface area contributed by atoms with E-state index in [2.05, 4.69) is 11.9 Å². The number of hydrogen-bond donors (Lipinski definition) is 1. The molecule has 16 heavy (non-hydrogen) atoms. The van der Waals surface area contributed by atoms with Gasteiger partial charge in [-0.3, -0.25) is 0 Å². The zero-order valence-corrected chi connectivity index (χ0v) is 10.7. The zero-order valence-electron chi connectivity index (χ0n) is 10.7. The topological polar surface area (TPSA) is 32.7 Å². The molecule has 0 saturated carbocycles. The van der Waals surface area contributed by atoms with Crippen LogP contribution in [0.15, 0.2) is 0 Å². The molecule has 1 rings (SSSR count). The Morgan fingerprint density at radius 2 is 2.00 bits per heavy atom. The van der Waals surface area contributed by atoms with Crippen molar-refractivity contribution in [2.24, 2.45) is 0 Å². The van der Waals surface area contributed by atoms with E-state index in [9.17, 15) is 0 Å². The molecule has 1 saturated heterocycles. The summed E-state index contributed by atoms with van der Waals surface area (Å²) < 4.78 is 5.60. The van der Waals surface area contributed by atoms with Crippen LogP contribution in [0.4, 0.5) is 0 Å².